The molecule has 15 heavy (non-hydrogen) atoms. The van der Waals surface area contributed by atoms with E-state index >= 15 is 0 Å². The van der Waals surface area contributed by atoms with Crippen LogP contribution in [0.1, 0.15) is 26.2 Å². The SMILES string of the molecule is CC/C(N)=N\C(=NC)OC1CCOCC1. The predicted molar refractivity (Wildman–Crippen MR) is 60.2 cm³/mol. The Hall–Kier alpha value is -1.10. The number of nitrogens with zero attached hydrogens (tertiary/aromatic N) is 2. The zero-order valence-electron chi connectivity index (χ0n) is 9.40. The number of nitrogens with two attached hydrogens (primary N) is 1. The number of aliphatic imine (C=N–C) groups is 2. The van der Waals surface area contributed by atoms with Gasteiger partial charge in [-0.3, -0.25) is 0 Å². The molecule has 0 unspecified atom stereocenters. The molecular weight excluding hydrogens is 194 g/mol. The lowest BCUT2D eigenvalue weighted by molar-refractivity contribution is 0.0196. The molecule has 0 atom stereocenters. The smallest absolute Gasteiger partial charge is 0.313 e. The van der Waals surface area contributed by atoms with Crippen LogP contribution in [0.5, 0.6) is 0 Å². The average Bonchev–Trinajstić information content (AvgIpc) is 2.29. The van der Waals surface area contributed by atoms with Crippen molar-refractivity contribution in [3.8, 4) is 0 Å². The first kappa shape index (κ1) is 12.0. The van der Waals surface area contributed by atoms with E-state index in [0.29, 0.717) is 18.3 Å². The van der Waals surface area contributed by atoms with Crippen LogP contribution in [0.25, 0.3) is 0 Å². The molecule has 1 heterocycles. The number of hydrogen-bond acceptors (Lipinski definition) is 3. The van der Waals surface area contributed by atoms with Gasteiger partial charge >= 0.3 is 6.02 Å². The van der Waals surface area contributed by atoms with Crippen molar-refractivity contribution in [2.24, 2.45) is 15.7 Å². The third-order valence-electron chi connectivity index (χ3n) is 2.23. The Morgan fingerprint density at radius 3 is 2.67 bits per heavy atom. The van der Waals surface area contributed by atoms with Crippen LogP contribution < -0.4 is 5.73 Å². The molecule has 1 saturated heterocycles. The van der Waals surface area contributed by atoms with Crippen molar-refractivity contribution < 1.29 is 9.47 Å². The van der Waals surface area contributed by atoms with Crippen molar-refractivity contribution in [1.29, 1.82) is 0 Å². The second-order valence-electron chi connectivity index (χ2n) is 3.39. The Balaban J connectivity index is 2.46. The Kier molecular flexibility index (Phi) is 5.10. The fourth-order valence-electron chi connectivity index (χ4n) is 1.27. The van der Waals surface area contributed by atoms with E-state index in [0.717, 1.165) is 26.1 Å². The molecule has 0 radical (unpaired) electrons. The fourth-order valence-corrected chi connectivity index (χ4v) is 1.27. The van der Waals surface area contributed by atoms with Gasteiger partial charge in [0.15, 0.2) is 0 Å². The molecule has 0 aromatic carbocycles. The first-order valence-corrected chi connectivity index (χ1v) is 5.30. The lowest BCUT2D eigenvalue weighted by atomic mass is 10.2. The van der Waals surface area contributed by atoms with Crippen LogP contribution in [0.15, 0.2) is 9.98 Å². The molecule has 1 aliphatic rings. The third kappa shape index (κ3) is 4.29. The zero-order valence-corrected chi connectivity index (χ0v) is 9.40. The molecular formula is C10H19N3O2. The summed E-state index contributed by atoms with van der Waals surface area (Å²) < 4.78 is 10.9. The molecule has 0 aromatic heterocycles. The van der Waals surface area contributed by atoms with Gasteiger partial charge in [0.25, 0.3) is 0 Å². The minimum atomic E-state index is 0.158. The maximum Gasteiger partial charge on any atom is 0.313 e. The largest absolute Gasteiger partial charge is 0.460 e. The van der Waals surface area contributed by atoms with Crippen LogP contribution in [0.4, 0.5) is 0 Å². The third-order valence-corrected chi connectivity index (χ3v) is 2.23. The van der Waals surface area contributed by atoms with E-state index in [9.17, 15) is 0 Å². The number of rotatable bonds is 2. The van der Waals surface area contributed by atoms with Crippen LogP contribution in [-0.2, 0) is 9.47 Å². The highest BCUT2D eigenvalue weighted by atomic mass is 16.5. The number of hydrogen-bond donors (Lipinski definition) is 1. The maximum atomic E-state index is 5.62. The molecule has 1 rings (SSSR count). The van der Waals surface area contributed by atoms with Crippen LogP contribution in [0.3, 0.4) is 0 Å². The second-order valence-corrected chi connectivity index (χ2v) is 3.39. The summed E-state index contributed by atoms with van der Waals surface area (Å²) in [6, 6.07) is 0.376. The quantitative estimate of drug-likeness (QED) is 0.548. The van der Waals surface area contributed by atoms with Crippen LogP contribution >= 0.6 is 0 Å². The van der Waals surface area contributed by atoms with E-state index in [1.165, 1.54) is 0 Å². The van der Waals surface area contributed by atoms with Gasteiger partial charge in [-0.25, -0.2) is 4.99 Å². The van der Waals surface area contributed by atoms with Crippen LogP contribution in [0.2, 0.25) is 0 Å². The Morgan fingerprint density at radius 2 is 2.13 bits per heavy atom. The van der Waals surface area contributed by atoms with Crippen molar-refractivity contribution in [2.75, 3.05) is 20.3 Å². The van der Waals surface area contributed by atoms with Gasteiger partial charge in [-0.15, -0.1) is 0 Å². The van der Waals surface area contributed by atoms with Gasteiger partial charge in [0.2, 0.25) is 0 Å². The van der Waals surface area contributed by atoms with E-state index < -0.39 is 0 Å². The number of ether oxygens (including phenoxy) is 2. The maximum absolute atomic E-state index is 5.62. The van der Waals surface area contributed by atoms with Crippen LogP contribution in [-0.4, -0.2) is 38.2 Å². The lowest BCUT2D eigenvalue weighted by Gasteiger charge is -2.22. The minimum Gasteiger partial charge on any atom is -0.460 e. The summed E-state index contributed by atoms with van der Waals surface area (Å²) >= 11 is 0. The molecule has 5 heteroatoms. The van der Waals surface area contributed by atoms with E-state index in [4.69, 9.17) is 15.2 Å². The molecule has 5 nitrogen and oxygen atoms in total. The summed E-state index contributed by atoms with van der Waals surface area (Å²) in [7, 11) is 1.65. The molecule has 0 aromatic rings. The Morgan fingerprint density at radius 1 is 1.47 bits per heavy atom. The Bertz CT molecular complexity index is 245. The highest BCUT2D eigenvalue weighted by molar-refractivity contribution is 5.92. The predicted octanol–water partition coefficient (Wildman–Crippen LogP) is 0.935. The van der Waals surface area contributed by atoms with Gasteiger partial charge in [0.05, 0.1) is 13.2 Å². The summed E-state index contributed by atoms with van der Waals surface area (Å²) in [5.41, 5.74) is 5.62. The summed E-state index contributed by atoms with van der Waals surface area (Å²) in [5, 5.41) is 0. The topological polar surface area (TPSA) is 69.2 Å². The molecule has 0 amide bonds. The van der Waals surface area contributed by atoms with Crippen molar-refractivity contribution in [3.63, 3.8) is 0 Å². The van der Waals surface area contributed by atoms with Gasteiger partial charge in [0, 0.05) is 26.3 Å². The Labute approximate surface area is 90.4 Å². The van der Waals surface area contributed by atoms with Crippen molar-refractivity contribution in [2.45, 2.75) is 32.3 Å². The fraction of sp³-hybridized carbons (Fsp3) is 0.800. The van der Waals surface area contributed by atoms with E-state index in [1.54, 1.807) is 7.05 Å². The van der Waals surface area contributed by atoms with E-state index in [-0.39, 0.29) is 6.10 Å². The van der Waals surface area contributed by atoms with Crippen molar-refractivity contribution >= 4 is 11.9 Å². The minimum absolute atomic E-state index is 0.158. The van der Waals surface area contributed by atoms with Gasteiger partial charge in [-0.1, -0.05) is 6.92 Å². The molecule has 0 spiro atoms. The molecule has 86 valence electrons. The summed E-state index contributed by atoms with van der Waals surface area (Å²) in [6.45, 7) is 3.43. The lowest BCUT2D eigenvalue weighted by Crippen LogP contribution is -2.26. The van der Waals surface area contributed by atoms with Gasteiger partial charge in [0.1, 0.15) is 11.9 Å². The van der Waals surface area contributed by atoms with Crippen LogP contribution in [0, 0.1) is 0 Å². The highest BCUT2D eigenvalue weighted by Gasteiger charge is 2.16. The normalized spacial score (nSPS) is 20.4. The van der Waals surface area contributed by atoms with Crippen molar-refractivity contribution in [1.82, 2.24) is 0 Å². The molecule has 0 aliphatic carbocycles. The zero-order chi connectivity index (χ0) is 11.1. The summed E-state index contributed by atoms with van der Waals surface area (Å²) in [5.74, 6) is 0.544. The van der Waals surface area contributed by atoms with E-state index in [2.05, 4.69) is 9.98 Å². The molecule has 2 N–H and O–H groups in total. The second kappa shape index (κ2) is 6.40. The molecule has 1 aliphatic heterocycles. The van der Waals surface area contributed by atoms with Crippen molar-refractivity contribution in [3.05, 3.63) is 0 Å². The molecule has 0 saturated carbocycles. The number of amidine groups is 2. The molecule has 1 fully saturated rings. The van der Waals surface area contributed by atoms with Gasteiger partial charge < -0.3 is 15.2 Å². The first-order valence-electron chi connectivity index (χ1n) is 5.30. The highest BCUT2D eigenvalue weighted by Crippen LogP contribution is 2.11. The first-order chi connectivity index (χ1) is 7.26. The average molecular weight is 213 g/mol. The summed E-state index contributed by atoms with van der Waals surface area (Å²) in [6.07, 6.45) is 2.64. The van der Waals surface area contributed by atoms with Gasteiger partial charge in [-0.2, -0.15) is 4.99 Å². The molecule has 0 bridgehead atoms. The van der Waals surface area contributed by atoms with E-state index in [1.807, 2.05) is 6.92 Å². The van der Waals surface area contributed by atoms with Gasteiger partial charge in [-0.05, 0) is 0 Å². The summed E-state index contributed by atoms with van der Waals surface area (Å²) in [4.78, 5) is 8.05. The standard InChI is InChI=1S/C10H19N3O2/c1-3-9(11)13-10(12-2)15-8-4-6-14-7-5-8/h8H,3-7H2,1-2H3,(H2,11,12,13). The monoisotopic (exact) mass is 213 g/mol.